The van der Waals surface area contributed by atoms with Gasteiger partial charge in [0.15, 0.2) is 0 Å². The van der Waals surface area contributed by atoms with E-state index in [2.05, 4.69) is 9.97 Å². The predicted octanol–water partition coefficient (Wildman–Crippen LogP) is 3.41. The van der Waals surface area contributed by atoms with Crippen LogP contribution in [0.2, 0.25) is 0 Å². The second kappa shape index (κ2) is 6.53. The van der Waals surface area contributed by atoms with E-state index in [4.69, 9.17) is 4.74 Å². The highest BCUT2D eigenvalue weighted by molar-refractivity contribution is 8.01. The summed E-state index contributed by atoms with van der Waals surface area (Å²) in [5.41, 5.74) is 1.38. The molecular formula is C21H19N3O2S. The van der Waals surface area contributed by atoms with Crippen LogP contribution in [0.5, 0.6) is 5.88 Å². The fourth-order valence-electron chi connectivity index (χ4n) is 3.83. The Kier molecular flexibility index (Phi) is 4.01. The van der Waals surface area contributed by atoms with E-state index in [1.165, 1.54) is 0 Å². The smallest absolute Gasteiger partial charge is 0.272 e. The Morgan fingerprint density at radius 3 is 2.81 bits per heavy atom. The summed E-state index contributed by atoms with van der Waals surface area (Å²) in [6.07, 6.45) is 2.84. The van der Waals surface area contributed by atoms with Crippen molar-refractivity contribution in [1.82, 2.24) is 14.9 Å². The summed E-state index contributed by atoms with van der Waals surface area (Å²) in [5.74, 6) is 1.63. The summed E-state index contributed by atoms with van der Waals surface area (Å²) in [7, 11) is 0. The van der Waals surface area contributed by atoms with E-state index in [0.29, 0.717) is 11.6 Å². The Labute approximate surface area is 161 Å². The fraction of sp³-hybridized carbons (Fsp3) is 0.286. The van der Waals surface area contributed by atoms with Gasteiger partial charge in [-0.15, -0.1) is 11.8 Å². The number of hydrogen-bond acceptors (Lipinski definition) is 5. The summed E-state index contributed by atoms with van der Waals surface area (Å²) in [4.78, 5) is 23.5. The van der Waals surface area contributed by atoms with Gasteiger partial charge in [0.2, 0.25) is 5.88 Å². The minimum atomic E-state index is 0.0149. The molecule has 0 saturated carbocycles. The number of amides is 1. The summed E-state index contributed by atoms with van der Waals surface area (Å²) < 4.78 is 6.10. The van der Waals surface area contributed by atoms with Crippen molar-refractivity contribution in [1.29, 1.82) is 0 Å². The number of fused-ring (bicyclic) bond motifs is 1. The average Bonchev–Trinajstić information content (AvgIpc) is 3.11. The van der Waals surface area contributed by atoms with Gasteiger partial charge in [-0.25, -0.2) is 9.97 Å². The molecule has 3 aromatic rings. The molecule has 136 valence electrons. The molecule has 4 heterocycles. The maximum Gasteiger partial charge on any atom is 0.272 e. The van der Waals surface area contributed by atoms with Crippen LogP contribution >= 0.6 is 11.8 Å². The Hall–Kier alpha value is -2.60. The maximum atomic E-state index is 12.8. The lowest BCUT2D eigenvalue weighted by molar-refractivity contribution is 0.0510. The second-order valence-corrected chi connectivity index (χ2v) is 8.64. The van der Waals surface area contributed by atoms with E-state index >= 15 is 0 Å². The molecule has 5 nitrogen and oxygen atoms in total. The van der Waals surface area contributed by atoms with Gasteiger partial charge in [-0.3, -0.25) is 4.79 Å². The molecule has 1 aromatic carbocycles. The first-order valence-electron chi connectivity index (χ1n) is 9.08. The van der Waals surface area contributed by atoms with Crippen LogP contribution in [0.1, 0.15) is 16.9 Å². The van der Waals surface area contributed by atoms with Crippen molar-refractivity contribution in [3.63, 3.8) is 0 Å². The van der Waals surface area contributed by atoms with Gasteiger partial charge in [0.05, 0.1) is 10.3 Å². The number of rotatable bonds is 3. The largest absolute Gasteiger partial charge is 0.473 e. The molecule has 2 aliphatic rings. The summed E-state index contributed by atoms with van der Waals surface area (Å²) in [5, 5.41) is 1.05. The van der Waals surface area contributed by atoms with Gasteiger partial charge in [-0.1, -0.05) is 30.3 Å². The third-order valence-electron chi connectivity index (χ3n) is 5.16. The Bertz CT molecular complexity index is 989. The standard InChI is InChI=1S/C21H19N3O2S/c25-20(18-9-8-15-5-1-2-6-17(15)23-18)24-13-21(14-24)11-16(12-27-21)26-19-7-3-4-10-22-19/h1-10,16H,11-14H2/t16-/m0/s1. The zero-order chi connectivity index (χ0) is 18.3. The Morgan fingerprint density at radius 2 is 1.96 bits per heavy atom. The number of para-hydroxylation sites is 1. The molecule has 2 fully saturated rings. The van der Waals surface area contributed by atoms with Crippen molar-refractivity contribution in [2.45, 2.75) is 17.3 Å². The number of thioether (sulfide) groups is 1. The molecule has 0 N–H and O–H groups in total. The van der Waals surface area contributed by atoms with E-state index in [0.717, 1.165) is 36.2 Å². The zero-order valence-corrected chi connectivity index (χ0v) is 15.6. The number of hydrogen-bond donors (Lipinski definition) is 0. The first kappa shape index (κ1) is 16.6. The van der Waals surface area contributed by atoms with Crippen molar-refractivity contribution in [3.05, 3.63) is 66.5 Å². The predicted molar refractivity (Wildman–Crippen MR) is 106 cm³/mol. The molecule has 0 bridgehead atoms. The van der Waals surface area contributed by atoms with Gasteiger partial charge >= 0.3 is 0 Å². The molecule has 2 aromatic heterocycles. The van der Waals surface area contributed by atoms with Crippen molar-refractivity contribution in [2.75, 3.05) is 18.8 Å². The van der Waals surface area contributed by atoms with Crippen molar-refractivity contribution >= 4 is 28.6 Å². The Balaban J connectivity index is 1.23. The number of likely N-dealkylation sites (tertiary alicyclic amines) is 1. The topological polar surface area (TPSA) is 55.3 Å². The normalized spacial score (nSPS) is 20.6. The Morgan fingerprint density at radius 1 is 1.11 bits per heavy atom. The summed E-state index contributed by atoms with van der Waals surface area (Å²) in [6.45, 7) is 1.51. The maximum absolute atomic E-state index is 12.8. The number of aromatic nitrogens is 2. The molecule has 5 rings (SSSR count). The van der Waals surface area contributed by atoms with Crippen LogP contribution in [0.3, 0.4) is 0 Å². The van der Waals surface area contributed by atoms with E-state index in [1.54, 1.807) is 6.20 Å². The van der Waals surface area contributed by atoms with Gasteiger partial charge in [0.25, 0.3) is 5.91 Å². The molecule has 0 unspecified atom stereocenters. The van der Waals surface area contributed by atoms with E-state index < -0.39 is 0 Å². The lowest BCUT2D eigenvalue weighted by atomic mass is 9.92. The van der Waals surface area contributed by atoms with E-state index in [9.17, 15) is 4.79 Å². The first-order valence-corrected chi connectivity index (χ1v) is 10.1. The van der Waals surface area contributed by atoms with Gasteiger partial charge in [0.1, 0.15) is 11.8 Å². The molecule has 0 radical (unpaired) electrons. The highest BCUT2D eigenvalue weighted by atomic mass is 32.2. The molecule has 1 atom stereocenters. The first-order chi connectivity index (χ1) is 13.2. The fourth-order valence-corrected chi connectivity index (χ4v) is 5.35. The minimum absolute atomic E-state index is 0.0149. The molecule has 6 heteroatoms. The van der Waals surface area contributed by atoms with Crippen LogP contribution in [0.25, 0.3) is 10.9 Å². The zero-order valence-electron chi connectivity index (χ0n) is 14.7. The van der Waals surface area contributed by atoms with Crippen LogP contribution in [-0.4, -0.2) is 50.5 Å². The summed E-state index contributed by atoms with van der Waals surface area (Å²) in [6, 6.07) is 17.4. The quantitative estimate of drug-likeness (QED) is 0.700. The highest BCUT2D eigenvalue weighted by Gasteiger charge is 2.51. The van der Waals surface area contributed by atoms with Crippen molar-refractivity contribution in [3.8, 4) is 5.88 Å². The third-order valence-corrected chi connectivity index (χ3v) is 6.74. The minimum Gasteiger partial charge on any atom is -0.473 e. The molecule has 2 saturated heterocycles. The lowest BCUT2D eigenvalue weighted by Gasteiger charge is -2.47. The van der Waals surface area contributed by atoms with E-state index in [-0.39, 0.29) is 16.8 Å². The molecule has 2 aliphatic heterocycles. The number of ether oxygens (including phenoxy) is 1. The van der Waals surface area contributed by atoms with Gasteiger partial charge in [-0.05, 0) is 18.2 Å². The van der Waals surface area contributed by atoms with E-state index in [1.807, 2.05) is 71.3 Å². The highest BCUT2D eigenvalue weighted by Crippen LogP contribution is 2.46. The monoisotopic (exact) mass is 377 g/mol. The van der Waals surface area contributed by atoms with Crippen LogP contribution in [0.15, 0.2) is 60.8 Å². The number of benzene rings is 1. The second-order valence-electron chi connectivity index (χ2n) is 7.16. The van der Waals surface area contributed by atoms with Crippen LogP contribution < -0.4 is 4.74 Å². The van der Waals surface area contributed by atoms with Crippen LogP contribution in [0.4, 0.5) is 0 Å². The number of nitrogens with zero attached hydrogens (tertiary/aromatic N) is 3. The van der Waals surface area contributed by atoms with Crippen molar-refractivity contribution < 1.29 is 9.53 Å². The van der Waals surface area contributed by atoms with Gasteiger partial charge < -0.3 is 9.64 Å². The molecule has 1 spiro atoms. The number of carbonyl (C=O) groups is 1. The molecule has 0 aliphatic carbocycles. The lowest BCUT2D eigenvalue weighted by Crippen LogP contribution is -2.61. The van der Waals surface area contributed by atoms with Gasteiger partial charge in [-0.2, -0.15) is 0 Å². The molecule has 1 amide bonds. The average molecular weight is 377 g/mol. The number of carbonyl (C=O) groups excluding carboxylic acids is 1. The third kappa shape index (κ3) is 3.14. The molecular weight excluding hydrogens is 358 g/mol. The number of pyridine rings is 2. The molecule has 27 heavy (non-hydrogen) atoms. The summed E-state index contributed by atoms with van der Waals surface area (Å²) >= 11 is 1.91. The van der Waals surface area contributed by atoms with Crippen molar-refractivity contribution in [2.24, 2.45) is 0 Å². The van der Waals surface area contributed by atoms with Crippen LogP contribution in [0, 0.1) is 0 Å². The van der Waals surface area contributed by atoms with Gasteiger partial charge in [0, 0.05) is 42.9 Å². The van der Waals surface area contributed by atoms with Crippen LogP contribution in [-0.2, 0) is 0 Å². The SMILES string of the molecule is O=C(c1ccc2ccccc2n1)N1CC2(C[C@H](Oc3ccccn3)CS2)C1.